The second-order valence-electron chi connectivity index (χ2n) is 4.52. The molecule has 1 aromatic carbocycles. The van der Waals surface area contributed by atoms with Crippen molar-refractivity contribution in [2.24, 2.45) is 5.73 Å². The van der Waals surface area contributed by atoms with Crippen molar-refractivity contribution >= 4 is 36.4 Å². The number of halogens is 3. The molecule has 0 aliphatic rings. The number of carbonyl (C=O) groups excluding carboxylic acids is 1. The van der Waals surface area contributed by atoms with Gasteiger partial charge in [-0.3, -0.25) is 4.79 Å². The van der Waals surface area contributed by atoms with E-state index in [0.29, 0.717) is 17.8 Å². The van der Waals surface area contributed by atoms with Crippen molar-refractivity contribution in [1.82, 2.24) is 9.55 Å². The van der Waals surface area contributed by atoms with Crippen molar-refractivity contribution in [3.05, 3.63) is 42.7 Å². The van der Waals surface area contributed by atoms with Gasteiger partial charge in [-0.05, 0) is 24.6 Å². The van der Waals surface area contributed by atoms with Crippen molar-refractivity contribution in [1.29, 1.82) is 0 Å². The molecule has 22 heavy (non-hydrogen) atoms. The topological polar surface area (TPSA) is 72.9 Å². The van der Waals surface area contributed by atoms with Crippen LogP contribution in [0.25, 0.3) is 5.69 Å². The first-order valence-corrected chi connectivity index (χ1v) is 6.46. The molecule has 1 aromatic heterocycles. The summed E-state index contributed by atoms with van der Waals surface area (Å²) in [7, 11) is 0. The van der Waals surface area contributed by atoms with Crippen molar-refractivity contribution in [3.63, 3.8) is 0 Å². The van der Waals surface area contributed by atoms with Crippen molar-refractivity contribution < 1.29 is 9.18 Å². The third-order valence-electron chi connectivity index (χ3n) is 2.93. The minimum absolute atomic E-state index is 0. The molecule has 1 heterocycles. The van der Waals surface area contributed by atoms with Crippen LogP contribution in [-0.2, 0) is 4.79 Å². The summed E-state index contributed by atoms with van der Waals surface area (Å²) in [6, 6.07) is 3.91. The molecule has 1 amide bonds. The number of nitrogens with zero attached hydrogens (tertiary/aromatic N) is 2. The van der Waals surface area contributed by atoms with Gasteiger partial charge in [-0.15, -0.1) is 24.8 Å². The summed E-state index contributed by atoms with van der Waals surface area (Å²) in [6.45, 7) is 1.95. The molecule has 0 radical (unpaired) electrons. The summed E-state index contributed by atoms with van der Waals surface area (Å²) < 4.78 is 15.5. The Balaban J connectivity index is 0.00000220. The van der Waals surface area contributed by atoms with E-state index in [-0.39, 0.29) is 30.7 Å². The average Bonchev–Trinajstić information content (AvgIpc) is 2.93. The van der Waals surface area contributed by atoms with E-state index in [1.807, 2.05) is 6.92 Å². The van der Waals surface area contributed by atoms with Gasteiger partial charge >= 0.3 is 0 Å². The molecule has 8 heteroatoms. The summed E-state index contributed by atoms with van der Waals surface area (Å²) in [5.41, 5.74) is 6.47. The molecular weight excluding hydrogens is 330 g/mol. The zero-order valence-electron chi connectivity index (χ0n) is 12.0. The van der Waals surface area contributed by atoms with Crippen LogP contribution in [0.3, 0.4) is 0 Å². The van der Waals surface area contributed by atoms with Crippen LogP contribution >= 0.6 is 24.8 Å². The van der Waals surface area contributed by atoms with E-state index in [4.69, 9.17) is 5.73 Å². The molecule has 3 N–H and O–H groups in total. The fourth-order valence-corrected chi connectivity index (χ4v) is 1.87. The molecule has 1 atom stereocenters. The molecule has 0 fully saturated rings. The van der Waals surface area contributed by atoms with Gasteiger partial charge in [0.05, 0.1) is 18.1 Å². The van der Waals surface area contributed by atoms with Gasteiger partial charge in [0.2, 0.25) is 5.91 Å². The quantitative estimate of drug-likeness (QED) is 0.872. The SMILES string of the molecule is CCCC(N)C(=O)Nc1ccc(-n2ccnc2)c(F)c1.Cl.Cl. The van der Waals surface area contributed by atoms with Gasteiger partial charge in [-0.1, -0.05) is 13.3 Å². The monoisotopic (exact) mass is 348 g/mol. The van der Waals surface area contributed by atoms with Gasteiger partial charge in [0, 0.05) is 18.1 Å². The summed E-state index contributed by atoms with van der Waals surface area (Å²) in [4.78, 5) is 15.6. The van der Waals surface area contributed by atoms with Crippen LogP contribution in [0.15, 0.2) is 36.9 Å². The van der Waals surface area contributed by atoms with Crippen LogP contribution in [0.2, 0.25) is 0 Å². The Bertz CT molecular complexity index is 593. The van der Waals surface area contributed by atoms with Gasteiger partial charge in [0.25, 0.3) is 0 Å². The molecule has 0 saturated carbocycles. The summed E-state index contributed by atoms with van der Waals surface area (Å²) >= 11 is 0. The Morgan fingerprint density at radius 2 is 2.18 bits per heavy atom. The van der Waals surface area contributed by atoms with Gasteiger partial charge in [0.15, 0.2) is 0 Å². The molecule has 2 aromatic rings. The lowest BCUT2D eigenvalue weighted by Gasteiger charge is -2.12. The number of anilines is 1. The third kappa shape index (κ3) is 4.98. The van der Waals surface area contributed by atoms with Gasteiger partial charge in [-0.25, -0.2) is 9.37 Å². The highest BCUT2D eigenvalue weighted by Crippen LogP contribution is 2.18. The summed E-state index contributed by atoms with van der Waals surface area (Å²) in [6.07, 6.45) is 6.14. The number of hydrogen-bond acceptors (Lipinski definition) is 3. The number of nitrogens with two attached hydrogens (primary N) is 1. The molecule has 2 rings (SSSR count). The molecule has 0 bridgehead atoms. The molecule has 5 nitrogen and oxygen atoms in total. The highest BCUT2D eigenvalue weighted by atomic mass is 35.5. The van der Waals surface area contributed by atoms with Crippen LogP contribution in [0.1, 0.15) is 19.8 Å². The lowest BCUT2D eigenvalue weighted by Crippen LogP contribution is -2.35. The standard InChI is InChI=1S/C14H17FN4O.2ClH/c1-2-3-12(16)14(20)18-10-4-5-13(11(15)8-10)19-7-6-17-9-19;;/h4-9,12H,2-3,16H2,1H3,(H,18,20);2*1H. The maximum atomic E-state index is 14.0. The Labute approximate surface area is 140 Å². The fourth-order valence-electron chi connectivity index (χ4n) is 1.87. The van der Waals surface area contributed by atoms with Crippen molar-refractivity contribution in [2.45, 2.75) is 25.8 Å². The van der Waals surface area contributed by atoms with Crippen LogP contribution in [0, 0.1) is 5.82 Å². The smallest absolute Gasteiger partial charge is 0.241 e. The Hall–Kier alpha value is -1.63. The second kappa shape index (κ2) is 9.40. The zero-order valence-corrected chi connectivity index (χ0v) is 13.7. The highest BCUT2D eigenvalue weighted by Gasteiger charge is 2.13. The van der Waals surface area contributed by atoms with E-state index in [1.165, 1.54) is 12.4 Å². The molecular formula is C14H19Cl2FN4O. The average molecular weight is 349 g/mol. The van der Waals surface area contributed by atoms with Gasteiger partial charge < -0.3 is 15.6 Å². The van der Waals surface area contributed by atoms with Crippen LogP contribution < -0.4 is 11.1 Å². The maximum Gasteiger partial charge on any atom is 0.241 e. The maximum absolute atomic E-state index is 14.0. The fraction of sp³-hybridized carbons (Fsp3) is 0.286. The van der Waals surface area contributed by atoms with E-state index >= 15 is 0 Å². The number of aromatic nitrogens is 2. The van der Waals surface area contributed by atoms with Gasteiger partial charge in [0.1, 0.15) is 5.82 Å². The minimum Gasteiger partial charge on any atom is -0.325 e. The summed E-state index contributed by atoms with van der Waals surface area (Å²) in [5, 5.41) is 2.61. The predicted octanol–water partition coefficient (Wildman–Crippen LogP) is 2.92. The Kier molecular flexibility index (Phi) is 8.70. The van der Waals surface area contributed by atoms with Crippen molar-refractivity contribution in [2.75, 3.05) is 5.32 Å². The highest BCUT2D eigenvalue weighted by molar-refractivity contribution is 5.94. The molecule has 0 aliphatic carbocycles. The van der Waals surface area contributed by atoms with Crippen LogP contribution in [-0.4, -0.2) is 21.5 Å². The second-order valence-corrected chi connectivity index (χ2v) is 4.52. The van der Waals surface area contributed by atoms with E-state index in [9.17, 15) is 9.18 Å². The summed E-state index contributed by atoms with van der Waals surface area (Å²) in [5.74, 6) is -0.744. The van der Waals surface area contributed by atoms with E-state index in [0.717, 1.165) is 6.42 Å². The van der Waals surface area contributed by atoms with E-state index in [2.05, 4.69) is 10.3 Å². The minimum atomic E-state index is -0.573. The Morgan fingerprint density at radius 1 is 1.45 bits per heavy atom. The van der Waals surface area contributed by atoms with Gasteiger partial charge in [-0.2, -0.15) is 0 Å². The number of nitrogens with one attached hydrogen (secondary N) is 1. The van der Waals surface area contributed by atoms with Crippen LogP contribution in [0.5, 0.6) is 0 Å². The Morgan fingerprint density at radius 3 is 2.73 bits per heavy atom. The predicted molar refractivity (Wildman–Crippen MR) is 89.5 cm³/mol. The van der Waals surface area contributed by atoms with E-state index in [1.54, 1.807) is 29.1 Å². The number of imidazole rings is 1. The first kappa shape index (κ1) is 20.4. The largest absolute Gasteiger partial charge is 0.325 e. The normalized spacial score (nSPS) is 11.0. The first-order valence-electron chi connectivity index (χ1n) is 6.46. The third-order valence-corrected chi connectivity index (χ3v) is 2.93. The molecule has 0 spiro atoms. The number of carbonyl (C=O) groups is 1. The molecule has 1 unspecified atom stereocenters. The van der Waals surface area contributed by atoms with E-state index < -0.39 is 11.9 Å². The lowest BCUT2D eigenvalue weighted by molar-refractivity contribution is -0.117. The zero-order chi connectivity index (χ0) is 14.5. The number of hydrogen-bond donors (Lipinski definition) is 2. The number of amides is 1. The molecule has 0 aliphatic heterocycles. The number of benzene rings is 1. The number of rotatable bonds is 5. The molecule has 0 saturated heterocycles. The van der Waals surface area contributed by atoms with Crippen LogP contribution in [0.4, 0.5) is 10.1 Å². The molecule has 122 valence electrons. The van der Waals surface area contributed by atoms with Crippen molar-refractivity contribution in [3.8, 4) is 5.69 Å². The lowest BCUT2D eigenvalue weighted by atomic mass is 10.1. The first-order chi connectivity index (χ1) is 9.61.